The lowest BCUT2D eigenvalue weighted by atomic mass is 10.2. The van der Waals surface area contributed by atoms with Crippen molar-refractivity contribution in [2.75, 3.05) is 5.32 Å². The van der Waals surface area contributed by atoms with E-state index in [-0.39, 0.29) is 24.3 Å². The molecule has 4 nitrogen and oxygen atoms in total. The number of anilines is 1. The molecular formula is C11H11F3N2O2. The van der Waals surface area contributed by atoms with Crippen LogP contribution in [0.2, 0.25) is 0 Å². The fourth-order valence-electron chi connectivity index (χ4n) is 1.15. The Kier molecular flexibility index (Phi) is 4.41. The highest BCUT2D eigenvalue weighted by Gasteiger charge is 2.32. The van der Waals surface area contributed by atoms with E-state index in [1.807, 2.05) is 0 Å². The van der Waals surface area contributed by atoms with Crippen molar-refractivity contribution in [3.8, 4) is 0 Å². The normalized spacial score (nSPS) is 11.1. The van der Waals surface area contributed by atoms with Gasteiger partial charge in [0, 0.05) is 12.8 Å². The zero-order valence-electron chi connectivity index (χ0n) is 9.54. The summed E-state index contributed by atoms with van der Waals surface area (Å²) >= 11 is 0. The SMILES string of the molecule is CC(=O)CCC(=O)Nc1ccc(C(F)(F)F)nc1. The predicted molar refractivity (Wildman–Crippen MR) is 57.8 cm³/mol. The second-order valence-electron chi connectivity index (χ2n) is 3.68. The third-order valence-electron chi connectivity index (χ3n) is 2.04. The Morgan fingerprint density at radius 3 is 2.39 bits per heavy atom. The van der Waals surface area contributed by atoms with Crippen LogP contribution < -0.4 is 5.32 Å². The van der Waals surface area contributed by atoms with E-state index in [1.54, 1.807) is 0 Å². The van der Waals surface area contributed by atoms with Gasteiger partial charge in [-0.25, -0.2) is 4.98 Å². The summed E-state index contributed by atoms with van der Waals surface area (Å²) in [6, 6.07) is 1.89. The van der Waals surface area contributed by atoms with Gasteiger partial charge in [0.1, 0.15) is 11.5 Å². The van der Waals surface area contributed by atoms with Gasteiger partial charge in [-0.1, -0.05) is 0 Å². The van der Waals surface area contributed by atoms with Crippen molar-refractivity contribution < 1.29 is 22.8 Å². The van der Waals surface area contributed by atoms with Gasteiger partial charge in [0.2, 0.25) is 5.91 Å². The summed E-state index contributed by atoms with van der Waals surface area (Å²) < 4.78 is 36.6. The van der Waals surface area contributed by atoms with Crippen LogP contribution in [0.5, 0.6) is 0 Å². The lowest BCUT2D eigenvalue weighted by Gasteiger charge is -2.07. The van der Waals surface area contributed by atoms with Crippen molar-refractivity contribution in [1.82, 2.24) is 4.98 Å². The molecule has 0 saturated carbocycles. The van der Waals surface area contributed by atoms with E-state index in [0.717, 1.165) is 18.3 Å². The van der Waals surface area contributed by atoms with Crippen molar-refractivity contribution in [2.24, 2.45) is 0 Å². The molecule has 0 atom stereocenters. The molecule has 0 spiro atoms. The van der Waals surface area contributed by atoms with Crippen LogP contribution in [-0.4, -0.2) is 16.7 Å². The van der Waals surface area contributed by atoms with Gasteiger partial charge >= 0.3 is 6.18 Å². The molecule has 18 heavy (non-hydrogen) atoms. The van der Waals surface area contributed by atoms with Gasteiger partial charge in [0.15, 0.2) is 0 Å². The molecule has 1 amide bonds. The third kappa shape index (κ3) is 4.52. The van der Waals surface area contributed by atoms with E-state index in [2.05, 4.69) is 10.3 Å². The first-order chi connectivity index (χ1) is 8.29. The van der Waals surface area contributed by atoms with Crippen LogP contribution in [0.4, 0.5) is 18.9 Å². The number of hydrogen-bond donors (Lipinski definition) is 1. The van der Waals surface area contributed by atoms with Crippen LogP contribution in [0.15, 0.2) is 18.3 Å². The number of amides is 1. The molecule has 1 aromatic rings. The molecule has 0 unspecified atom stereocenters. The molecule has 0 bridgehead atoms. The van der Waals surface area contributed by atoms with Crippen molar-refractivity contribution in [2.45, 2.75) is 25.9 Å². The van der Waals surface area contributed by atoms with Crippen molar-refractivity contribution in [3.63, 3.8) is 0 Å². The summed E-state index contributed by atoms with van der Waals surface area (Å²) in [5.74, 6) is -0.567. The Hall–Kier alpha value is -1.92. The number of rotatable bonds is 4. The predicted octanol–water partition coefficient (Wildman–Crippen LogP) is 2.41. The molecule has 1 N–H and O–H groups in total. The second-order valence-corrected chi connectivity index (χ2v) is 3.68. The minimum Gasteiger partial charge on any atom is -0.325 e. The smallest absolute Gasteiger partial charge is 0.325 e. The first kappa shape index (κ1) is 14.1. The minimum atomic E-state index is -4.50. The number of carbonyl (C=O) groups excluding carboxylic acids is 2. The van der Waals surface area contributed by atoms with Crippen molar-refractivity contribution >= 4 is 17.4 Å². The van der Waals surface area contributed by atoms with Gasteiger partial charge in [0.25, 0.3) is 0 Å². The van der Waals surface area contributed by atoms with Gasteiger partial charge < -0.3 is 10.1 Å². The molecule has 0 fully saturated rings. The van der Waals surface area contributed by atoms with E-state index in [1.165, 1.54) is 6.92 Å². The Balaban J connectivity index is 2.59. The molecule has 0 radical (unpaired) electrons. The number of aromatic nitrogens is 1. The van der Waals surface area contributed by atoms with E-state index < -0.39 is 17.8 Å². The highest BCUT2D eigenvalue weighted by molar-refractivity contribution is 5.93. The van der Waals surface area contributed by atoms with Crippen LogP contribution in [0.25, 0.3) is 0 Å². The standard InChI is InChI=1S/C11H11F3N2O2/c1-7(17)2-5-10(18)16-8-3-4-9(15-6-8)11(12,13)14/h3-4,6H,2,5H2,1H3,(H,16,18). The van der Waals surface area contributed by atoms with E-state index in [9.17, 15) is 22.8 Å². The molecule has 1 heterocycles. The number of alkyl halides is 3. The monoisotopic (exact) mass is 260 g/mol. The quantitative estimate of drug-likeness (QED) is 0.904. The number of nitrogens with one attached hydrogen (secondary N) is 1. The van der Waals surface area contributed by atoms with Crippen LogP contribution in [-0.2, 0) is 15.8 Å². The number of nitrogens with zero attached hydrogens (tertiary/aromatic N) is 1. The van der Waals surface area contributed by atoms with Crippen LogP contribution in [0.3, 0.4) is 0 Å². The Morgan fingerprint density at radius 1 is 1.28 bits per heavy atom. The molecule has 1 aromatic heterocycles. The summed E-state index contributed by atoms with van der Waals surface area (Å²) in [4.78, 5) is 25.1. The largest absolute Gasteiger partial charge is 0.433 e. The molecule has 98 valence electrons. The van der Waals surface area contributed by atoms with Crippen molar-refractivity contribution in [3.05, 3.63) is 24.0 Å². The summed E-state index contributed by atoms with van der Waals surface area (Å²) in [5, 5.41) is 2.35. The Morgan fingerprint density at radius 2 is 1.94 bits per heavy atom. The summed E-state index contributed by atoms with van der Waals surface area (Å²) in [6.45, 7) is 1.35. The maximum absolute atomic E-state index is 12.2. The van der Waals surface area contributed by atoms with Crippen LogP contribution in [0.1, 0.15) is 25.5 Å². The maximum atomic E-state index is 12.2. The minimum absolute atomic E-state index is 0.00362. The fraction of sp³-hybridized carbons (Fsp3) is 0.364. The first-order valence-corrected chi connectivity index (χ1v) is 5.11. The molecular weight excluding hydrogens is 249 g/mol. The Labute approximate surface area is 101 Å². The number of pyridine rings is 1. The van der Waals surface area contributed by atoms with Gasteiger partial charge in [-0.2, -0.15) is 13.2 Å². The second kappa shape index (κ2) is 5.61. The number of hydrogen-bond acceptors (Lipinski definition) is 3. The number of ketones is 1. The molecule has 0 aliphatic heterocycles. The average Bonchev–Trinajstić information content (AvgIpc) is 2.26. The highest BCUT2D eigenvalue weighted by atomic mass is 19.4. The van der Waals surface area contributed by atoms with Gasteiger partial charge in [-0.15, -0.1) is 0 Å². The number of carbonyl (C=O) groups is 2. The third-order valence-corrected chi connectivity index (χ3v) is 2.04. The van der Waals surface area contributed by atoms with E-state index in [0.29, 0.717) is 0 Å². The number of Topliss-reactive ketones (excluding diaryl/α,β-unsaturated/α-hetero) is 1. The summed E-state index contributed by atoms with van der Waals surface area (Å²) in [5.41, 5.74) is -0.860. The zero-order chi connectivity index (χ0) is 13.8. The van der Waals surface area contributed by atoms with Gasteiger partial charge in [-0.05, 0) is 19.1 Å². The average molecular weight is 260 g/mol. The summed E-state index contributed by atoms with van der Waals surface area (Å²) in [7, 11) is 0. The molecule has 0 aliphatic rings. The maximum Gasteiger partial charge on any atom is 0.433 e. The lowest BCUT2D eigenvalue weighted by Crippen LogP contribution is -2.13. The highest BCUT2D eigenvalue weighted by Crippen LogP contribution is 2.27. The van der Waals surface area contributed by atoms with E-state index in [4.69, 9.17) is 0 Å². The Bertz CT molecular complexity index is 441. The molecule has 0 saturated heterocycles. The van der Waals surface area contributed by atoms with E-state index >= 15 is 0 Å². The first-order valence-electron chi connectivity index (χ1n) is 5.11. The van der Waals surface area contributed by atoms with Crippen molar-refractivity contribution in [1.29, 1.82) is 0 Å². The van der Waals surface area contributed by atoms with Crippen LogP contribution >= 0.6 is 0 Å². The lowest BCUT2D eigenvalue weighted by molar-refractivity contribution is -0.141. The molecule has 1 rings (SSSR count). The van der Waals surface area contributed by atoms with Gasteiger partial charge in [-0.3, -0.25) is 4.79 Å². The molecule has 7 heteroatoms. The topological polar surface area (TPSA) is 59.1 Å². The number of halogens is 3. The fourth-order valence-corrected chi connectivity index (χ4v) is 1.15. The van der Waals surface area contributed by atoms with Crippen LogP contribution in [0, 0.1) is 0 Å². The zero-order valence-corrected chi connectivity index (χ0v) is 9.54. The summed E-state index contributed by atoms with van der Waals surface area (Å²) in [6.07, 6.45) is -3.48. The molecule has 0 aliphatic carbocycles. The van der Waals surface area contributed by atoms with Gasteiger partial charge in [0.05, 0.1) is 11.9 Å². The molecule has 0 aromatic carbocycles.